The number of hydrogen-bond acceptors (Lipinski definition) is 5. The van der Waals surface area contributed by atoms with Crippen molar-refractivity contribution in [3.63, 3.8) is 0 Å². The van der Waals surface area contributed by atoms with E-state index in [1.54, 1.807) is 22.5 Å². The Labute approximate surface area is 237 Å². The average Bonchev–Trinajstić information content (AvgIpc) is 3.33. The summed E-state index contributed by atoms with van der Waals surface area (Å²) in [5, 5.41) is 16.8. The van der Waals surface area contributed by atoms with Crippen LogP contribution in [0.1, 0.15) is 21.6 Å². The highest BCUT2D eigenvalue weighted by Gasteiger charge is 2.28. The Balaban J connectivity index is 1.59. The van der Waals surface area contributed by atoms with Gasteiger partial charge in [-0.25, -0.2) is 22.0 Å². The molecule has 1 unspecified atom stereocenters. The van der Waals surface area contributed by atoms with Crippen molar-refractivity contribution in [2.45, 2.75) is 18.2 Å². The normalized spacial score (nSPS) is 14.5. The summed E-state index contributed by atoms with van der Waals surface area (Å²) in [6, 6.07) is 15.6. The lowest BCUT2D eigenvalue weighted by molar-refractivity contribution is -0.136. The van der Waals surface area contributed by atoms with Crippen molar-refractivity contribution in [3.8, 4) is 16.9 Å². The van der Waals surface area contributed by atoms with E-state index in [1.165, 1.54) is 53.2 Å². The maximum atomic E-state index is 13.8. The summed E-state index contributed by atoms with van der Waals surface area (Å²) in [5.74, 6) is -2.87. The highest BCUT2D eigenvalue weighted by molar-refractivity contribution is 7.82. The second-order valence-electron chi connectivity index (χ2n) is 9.36. The van der Waals surface area contributed by atoms with Crippen LogP contribution >= 0.6 is 0 Å². The van der Waals surface area contributed by atoms with Gasteiger partial charge >= 0.3 is 5.97 Å². The van der Waals surface area contributed by atoms with Crippen LogP contribution in [0.2, 0.25) is 0 Å². The quantitative estimate of drug-likeness (QED) is 0.320. The largest absolute Gasteiger partial charge is 0.481 e. The summed E-state index contributed by atoms with van der Waals surface area (Å²) in [6.07, 6.45) is -0.578. The van der Waals surface area contributed by atoms with Crippen LogP contribution in [-0.2, 0) is 26.9 Å². The summed E-state index contributed by atoms with van der Waals surface area (Å²) in [4.78, 5) is 26.1. The van der Waals surface area contributed by atoms with Gasteiger partial charge in [0.15, 0.2) is 0 Å². The zero-order valence-electron chi connectivity index (χ0n) is 22.0. The lowest BCUT2D eigenvalue weighted by Gasteiger charge is -2.26. The predicted octanol–water partition coefficient (Wildman–Crippen LogP) is 4.36. The van der Waals surface area contributed by atoms with E-state index in [4.69, 9.17) is 4.74 Å². The van der Waals surface area contributed by atoms with Gasteiger partial charge in [-0.3, -0.25) is 9.59 Å². The molecule has 1 aliphatic rings. The van der Waals surface area contributed by atoms with Gasteiger partial charge in [0.1, 0.15) is 22.6 Å². The van der Waals surface area contributed by atoms with Gasteiger partial charge in [0.2, 0.25) is 0 Å². The minimum Gasteiger partial charge on any atom is -0.481 e. The van der Waals surface area contributed by atoms with Crippen molar-refractivity contribution in [2.24, 2.45) is 0 Å². The van der Waals surface area contributed by atoms with Gasteiger partial charge in [-0.05, 0) is 73.2 Å². The lowest BCUT2D eigenvalue weighted by atomic mass is 10.0. The summed E-state index contributed by atoms with van der Waals surface area (Å²) >= 11 is 0. The van der Waals surface area contributed by atoms with Crippen LogP contribution in [0.3, 0.4) is 0 Å². The number of carbonyl (C=O) groups excluding carboxylic acids is 1. The van der Waals surface area contributed by atoms with Crippen LogP contribution in [0.15, 0.2) is 71.6 Å². The van der Waals surface area contributed by atoms with Crippen LogP contribution in [-0.4, -0.2) is 61.6 Å². The van der Waals surface area contributed by atoms with Crippen LogP contribution in [0, 0.1) is 18.6 Å². The standard InChI is InChI=1S/C29H26F2N4O5S/c1-18-2-9-22(16-25(18)41(39)34-12-14-40-15-13-34)32-29(38)27-24(17-26(36)37)33-35(23-10-7-21(31)8-11-23)28(27)19-3-5-20(30)6-4-19/h2-11,16H,12-15,17H2,1H3,(H,32,38)(H,36,37). The maximum Gasteiger partial charge on any atom is 0.309 e. The molecule has 2 heterocycles. The zero-order chi connectivity index (χ0) is 29.1. The molecule has 1 fully saturated rings. The molecule has 0 aliphatic carbocycles. The summed E-state index contributed by atoms with van der Waals surface area (Å²) in [7, 11) is -1.48. The highest BCUT2D eigenvalue weighted by atomic mass is 32.2. The molecule has 0 radical (unpaired) electrons. The van der Waals surface area contributed by atoms with Crippen molar-refractivity contribution in [1.29, 1.82) is 0 Å². The van der Waals surface area contributed by atoms with Gasteiger partial charge in [0.05, 0.1) is 47.2 Å². The monoisotopic (exact) mass is 580 g/mol. The summed E-state index contributed by atoms with van der Waals surface area (Å²) in [5.41, 5.74) is 2.00. The summed E-state index contributed by atoms with van der Waals surface area (Å²) in [6.45, 7) is 3.77. The highest BCUT2D eigenvalue weighted by Crippen LogP contribution is 2.31. The molecule has 0 bridgehead atoms. The van der Waals surface area contributed by atoms with Crippen molar-refractivity contribution in [1.82, 2.24) is 14.1 Å². The number of hydrogen-bond donors (Lipinski definition) is 2. The third-order valence-corrected chi connectivity index (χ3v) is 8.18. The van der Waals surface area contributed by atoms with Gasteiger partial charge in [-0.2, -0.15) is 5.10 Å². The van der Waals surface area contributed by atoms with Gasteiger partial charge in [-0.1, -0.05) is 6.07 Å². The molecule has 41 heavy (non-hydrogen) atoms. The fourth-order valence-corrected chi connectivity index (χ4v) is 5.85. The van der Waals surface area contributed by atoms with E-state index in [-0.39, 0.29) is 17.0 Å². The number of aromatic nitrogens is 2. The molecular formula is C29H26F2N4O5S. The number of carboxylic acids is 1. The second kappa shape index (κ2) is 12.1. The predicted molar refractivity (Wildman–Crippen MR) is 148 cm³/mol. The third-order valence-electron chi connectivity index (χ3n) is 6.53. The number of aliphatic carboxylic acids is 1. The Morgan fingerprint density at radius 3 is 2.27 bits per heavy atom. The molecule has 0 saturated carbocycles. The fraction of sp³-hybridized carbons (Fsp3) is 0.207. The molecule has 1 saturated heterocycles. The zero-order valence-corrected chi connectivity index (χ0v) is 22.8. The smallest absolute Gasteiger partial charge is 0.309 e. The van der Waals surface area contributed by atoms with Crippen molar-refractivity contribution in [3.05, 3.63) is 95.2 Å². The minimum atomic E-state index is -1.48. The minimum absolute atomic E-state index is 0.0390. The molecule has 1 aliphatic heterocycles. The number of ether oxygens (including phenoxy) is 1. The molecule has 9 nitrogen and oxygen atoms in total. The molecule has 5 rings (SSSR count). The number of carboxylic acid groups (broad SMARTS) is 1. The molecule has 212 valence electrons. The Bertz CT molecular complexity index is 1620. The first-order valence-electron chi connectivity index (χ1n) is 12.7. The van der Waals surface area contributed by atoms with Crippen LogP contribution in [0.5, 0.6) is 0 Å². The average molecular weight is 581 g/mol. The van der Waals surface area contributed by atoms with Gasteiger partial charge in [0, 0.05) is 24.3 Å². The summed E-state index contributed by atoms with van der Waals surface area (Å²) < 4.78 is 49.3. The molecule has 1 atom stereocenters. The van der Waals surface area contributed by atoms with Crippen molar-refractivity contribution < 1.29 is 32.4 Å². The molecule has 1 aromatic heterocycles. The second-order valence-corrected chi connectivity index (χ2v) is 10.8. The van der Waals surface area contributed by atoms with Crippen LogP contribution in [0.4, 0.5) is 14.5 Å². The number of amides is 1. The van der Waals surface area contributed by atoms with E-state index in [9.17, 15) is 27.7 Å². The third kappa shape index (κ3) is 6.24. The Morgan fingerprint density at radius 2 is 1.63 bits per heavy atom. The number of nitrogens with one attached hydrogen (secondary N) is 1. The van der Waals surface area contributed by atoms with E-state index in [1.807, 2.05) is 6.92 Å². The molecule has 0 spiro atoms. The number of carbonyl (C=O) groups is 2. The first-order chi connectivity index (χ1) is 19.7. The SMILES string of the molecule is Cc1ccc(NC(=O)c2c(CC(=O)O)nn(-c3ccc(F)cc3)c2-c2ccc(F)cc2)cc1S(=O)N1CCOCC1. The molecule has 1 amide bonds. The van der Waals surface area contributed by atoms with E-state index in [0.29, 0.717) is 48.1 Å². The first kappa shape index (κ1) is 28.3. The number of morpholine rings is 1. The van der Waals surface area contributed by atoms with E-state index in [2.05, 4.69) is 10.4 Å². The Morgan fingerprint density at radius 1 is 1.00 bits per heavy atom. The number of rotatable bonds is 8. The molecule has 3 aromatic carbocycles. The van der Waals surface area contributed by atoms with Crippen LogP contribution < -0.4 is 5.32 Å². The van der Waals surface area contributed by atoms with Gasteiger partial charge in [-0.15, -0.1) is 0 Å². The number of aryl methyl sites for hydroxylation is 1. The van der Waals surface area contributed by atoms with Gasteiger partial charge in [0.25, 0.3) is 5.91 Å². The lowest BCUT2D eigenvalue weighted by Crippen LogP contribution is -2.37. The molecule has 4 aromatic rings. The van der Waals surface area contributed by atoms with E-state index in [0.717, 1.165) is 5.56 Å². The molecular weight excluding hydrogens is 554 g/mol. The first-order valence-corrected chi connectivity index (χ1v) is 13.8. The number of halogens is 2. The van der Waals surface area contributed by atoms with Gasteiger partial charge < -0.3 is 15.2 Å². The number of anilines is 1. The van der Waals surface area contributed by atoms with E-state index < -0.39 is 40.9 Å². The van der Waals surface area contributed by atoms with Crippen LogP contribution in [0.25, 0.3) is 16.9 Å². The Kier molecular flexibility index (Phi) is 8.34. The Hall–Kier alpha value is -4.26. The number of benzene rings is 3. The topological polar surface area (TPSA) is 114 Å². The van der Waals surface area contributed by atoms with Crippen molar-refractivity contribution in [2.75, 3.05) is 31.6 Å². The van der Waals surface area contributed by atoms with Crippen molar-refractivity contribution >= 4 is 28.5 Å². The number of nitrogens with zero attached hydrogens (tertiary/aromatic N) is 3. The van der Waals surface area contributed by atoms with E-state index >= 15 is 0 Å². The maximum absolute atomic E-state index is 13.8. The molecule has 12 heteroatoms. The molecule has 2 N–H and O–H groups in total. The fourth-order valence-electron chi connectivity index (χ4n) is 4.52.